The molecule has 0 aliphatic heterocycles. The van der Waals surface area contributed by atoms with Gasteiger partial charge in [0.15, 0.2) is 0 Å². The molecule has 3 rings (SSSR count). The van der Waals surface area contributed by atoms with Crippen molar-refractivity contribution in [2.45, 2.75) is 91.3 Å². The Bertz CT molecular complexity index is 1100. The molecule has 1 aromatic heterocycles. The van der Waals surface area contributed by atoms with E-state index in [0.717, 1.165) is 35.5 Å². The molecule has 226 valence electrons. The Morgan fingerprint density at radius 1 is 0.548 bits per heavy atom. The van der Waals surface area contributed by atoms with Gasteiger partial charge in [-0.1, -0.05) is 95.5 Å². The number of benzene rings is 2. The standard InChI is InChI=1S/C35H45NO6/c1-3-5-7-9-11-24-39-30-20-16-28(17-21-30)26-41-34(37)32-14-13-15-33(36-32)35(38)42-27-29-18-22-31(23-19-29)40-25-12-10-8-6-4-2/h13-23H,3-12,24-27H2,1-2H3. The maximum atomic E-state index is 12.6. The van der Waals surface area contributed by atoms with Crippen LogP contribution in [0.1, 0.15) is 110 Å². The maximum Gasteiger partial charge on any atom is 0.357 e. The van der Waals surface area contributed by atoms with Gasteiger partial charge in [0.1, 0.15) is 36.1 Å². The Labute approximate surface area is 250 Å². The maximum absolute atomic E-state index is 12.6. The molecule has 7 nitrogen and oxygen atoms in total. The topological polar surface area (TPSA) is 84.0 Å². The zero-order chi connectivity index (χ0) is 29.8. The van der Waals surface area contributed by atoms with Crippen LogP contribution in [0.3, 0.4) is 0 Å². The lowest BCUT2D eigenvalue weighted by atomic mass is 10.2. The summed E-state index contributed by atoms with van der Waals surface area (Å²) in [5.41, 5.74) is 1.75. The molecule has 0 fully saturated rings. The Morgan fingerprint density at radius 2 is 0.952 bits per heavy atom. The second-order valence-corrected chi connectivity index (χ2v) is 10.4. The lowest BCUT2D eigenvalue weighted by Crippen LogP contribution is -2.12. The number of unbranched alkanes of at least 4 members (excludes halogenated alkanes) is 8. The summed E-state index contributed by atoms with van der Waals surface area (Å²) in [6.45, 7) is 5.98. The zero-order valence-corrected chi connectivity index (χ0v) is 25.1. The summed E-state index contributed by atoms with van der Waals surface area (Å²) in [7, 11) is 0. The van der Waals surface area contributed by atoms with Gasteiger partial charge in [-0.3, -0.25) is 0 Å². The quantitative estimate of drug-likeness (QED) is 0.0986. The summed E-state index contributed by atoms with van der Waals surface area (Å²) in [6.07, 6.45) is 11.9. The largest absolute Gasteiger partial charge is 0.494 e. The molecule has 0 aliphatic rings. The molecular weight excluding hydrogens is 530 g/mol. The minimum Gasteiger partial charge on any atom is -0.494 e. The average Bonchev–Trinajstić information content (AvgIpc) is 3.03. The predicted molar refractivity (Wildman–Crippen MR) is 164 cm³/mol. The van der Waals surface area contributed by atoms with Crippen LogP contribution in [0.15, 0.2) is 66.7 Å². The van der Waals surface area contributed by atoms with Gasteiger partial charge >= 0.3 is 11.9 Å². The fourth-order valence-electron chi connectivity index (χ4n) is 4.26. The lowest BCUT2D eigenvalue weighted by molar-refractivity contribution is 0.0456. The summed E-state index contributed by atoms with van der Waals surface area (Å²) in [5.74, 6) is 0.368. The number of hydrogen-bond acceptors (Lipinski definition) is 7. The molecule has 0 radical (unpaired) electrons. The summed E-state index contributed by atoms with van der Waals surface area (Å²) >= 11 is 0. The van der Waals surface area contributed by atoms with E-state index in [1.165, 1.54) is 63.5 Å². The van der Waals surface area contributed by atoms with Crippen LogP contribution in [0.25, 0.3) is 0 Å². The summed E-state index contributed by atoms with van der Waals surface area (Å²) in [5, 5.41) is 0. The molecule has 42 heavy (non-hydrogen) atoms. The molecule has 0 atom stereocenters. The number of esters is 2. The fourth-order valence-corrected chi connectivity index (χ4v) is 4.26. The van der Waals surface area contributed by atoms with Crippen LogP contribution >= 0.6 is 0 Å². The zero-order valence-electron chi connectivity index (χ0n) is 25.1. The number of pyridine rings is 1. The Kier molecular flexibility index (Phi) is 15.0. The van der Waals surface area contributed by atoms with Gasteiger partial charge in [-0.25, -0.2) is 14.6 Å². The van der Waals surface area contributed by atoms with Crippen LogP contribution in [-0.2, 0) is 22.7 Å². The van der Waals surface area contributed by atoms with Crippen molar-refractivity contribution in [3.05, 3.63) is 89.2 Å². The van der Waals surface area contributed by atoms with Gasteiger partial charge in [0.25, 0.3) is 0 Å². The molecular formula is C35H45NO6. The van der Waals surface area contributed by atoms with Gasteiger partial charge in [0, 0.05) is 0 Å². The summed E-state index contributed by atoms with van der Waals surface area (Å²) < 4.78 is 22.4. The highest BCUT2D eigenvalue weighted by atomic mass is 16.5. The van der Waals surface area contributed by atoms with Crippen molar-refractivity contribution in [2.24, 2.45) is 0 Å². The molecule has 0 saturated heterocycles. The van der Waals surface area contributed by atoms with Crippen molar-refractivity contribution in [3.63, 3.8) is 0 Å². The van der Waals surface area contributed by atoms with E-state index >= 15 is 0 Å². The monoisotopic (exact) mass is 575 g/mol. The molecule has 0 bridgehead atoms. The average molecular weight is 576 g/mol. The Morgan fingerprint density at radius 3 is 1.36 bits per heavy atom. The first-order valence-corrected chi connectivity index (χ1v) is 15.3. The molecule has 7 heteroatoms. The number of hydrogen-bond donors (Lipinski definition) is 0. The third-order valence-corrected chi connectivity index (χ3v) is 6.79. The first kappa shape index (κ1) is 32.6. The minimum absolute atomic E-state index is 0.0451. The molecule has 3 aromatic rings. The van der Waals surface area contributed by atoms with Crippen molar-refractivity contribution in [1.82, 2.24) is 4.98 Å². The molecule has 0 aliphatic carbocycles. The van der Waals surface area contributed by atoms with Gasteiger partial charge in [0.05, 0.1) is 13.2 Å². The highest BCUT2D eigenvalue weighted by molar-refractivity contribution is 5.91. The number of rotatable bonds is 20. The van der Waals surface area contributed by atoms with Crippen LogP contribution in [-0.4, -0.2) is 30.1 Å². The van der Waals surface area contributed by atoms with Gasteiger partial charge in [-0.05, 0) is 60.4 Å². The van der Waals surface area contributed by atoms with E-state index in [1.54, 1.807) is 6.07 Å². The third kappa shape index (κ3) is 12.3. The Hall–Kier alpha value is -3.87. The van der Waals surface area contributed by atoms with Crippen molar-refractivity contribution in [2.75, 3.05) is 13.2 Å². The van der Waals surface area contributed by atoms with E-state index in [4.69, 9.17) is 18.9 Å². The van der Waals surface area contributed by atoms with Crippen LogP contribution < -0.4 is 9.47 Å². The minimum atomic E-state index is -0.613. The van der Waals surface area contributed by atoms with E-state index in [0.29, 0.717) is 13.2 Å². The van der Waals surface area contributed by atoms with E-state index < -0.39 is 11.9 Å². The van der Waals surface area contributed by atoms with E-state index in [9.17, 15) is 9.59 Å². The van der Waals surface area contributed by atoms with Crippen molar-refractivity contribution < 1.29 is 28.5 Å². The lowest BCUT2D eigenvalue weighted by Gasteiger charge is -2.09. The van der Waals surface area contributed by atoms with Crippen LogP contribution in [0, 0.1) is 0 Å². The van der Waals surface area contributed by atoms with Gasteiger partial charge in [-0.15, -0.1) is 0 Å². The van der Waals surface area contributed by atoms with Gasteiger partial charge in [-0.2, -0.15) is 0 Å². The predicted octanol–water partition coefficient (Wildman–Crippen LogP) is 8.49. The molecule has 0 saturated carbocycles. The second-order valence-electron chi connectivity index (χ2n) is 10.4. The molecule has 0 unspecified atom stereocenters. The smallest absolute Gasteiger partial charge is 0.357 e. The number of nitrogens with zero attached hydrogens (tertiary/aromatic N) is 1. The van der Waals surface area contributed by atoms with Crippen molar-refractivity contribution in [3.8, 4) is 11.5 Å². The van der Waals surface area contributed by atoms with Crippen LogP contribution in [0.2, 0.25) is 0 Å². The normalized spacial score (nSPS) is 10.7. The highest BCUT2D eigenvalue weighted by Gasteiger charge is 2.15. The van der Waals surface area contributed by atoms with E-state index in [1.807, 2.05) is 48.5 Å². The first-order valence-electron chi connectivity index (χ1n) is 15.3. The first-order chi connectivity index (χ1) is 20.6. The fraction of sp³-hybridized carbons (Fsp3) is 0.457. The molecule has 2 aromatic carbocycles. The Balaban J connectivity index is 1.38. The summed E-state index contributed by atoms with van der Waals surface area (Å²) in [4.78, 5) is 29.3. The van der Waals surface area contributed by atoms with Crippen molar-refractivity contribution >= 4 is 11.9 Å². The molecule has 0 N–H and O–H groups in total. The number of aromatic nitrogens is 1. The number of ether oxygens (including phenoxy) is 4. The van der Waals surface area contributed by atoms with E-state index in [-0.39, 0.29) is 24.6 Å². The number of carbonyl (C=O) groups is 2. The summed E-state index contributed by atoms with van der Waals surface area (Å²) in [6, 6.07) is 19.6. The second kappa shape index (κ2) is 19.3. The molecule has 0 spiro atoms. The van der Waals surface area contributed by atoms with Gasteiger partial charge < -0.3 is 18.9 Å². The highest BCUT2D eigenvalue weighted by Crippen LogP contribution is 2.16. The van der Waals surface area contributed by atoms with Crippen molar-refractivity contribution in [1.29, 1.82) is 0 Å². The van der Waals surface area contributed by atoms with E-state index in [2.05, 4.69) is 18.8 Å². The third-order valence-electron chi connectivity index (χ3n) is 6.79. The van der Waals surface area contributed by atoms with Crippen LogP contribution in [0.5, 0.6) is 11.5 Å². The van der Waals surface area contributed by atoms with Gasteiger partial charge in [0.2, 0.25) is 0 Å². The number of carbonyl (C=O) groups excluding carboxylic acids is 2. The molecule has 0 amide bonds. The van der Waals surface area contributed by atoms with Crippen LogP contribution in [0.4, 0.5) is 0 Å². The SMILES string of the molecule is CCCCCCCOc1ccc(COC(=O)c2cccc(C(=O)OCc3ccc(OCCCCCCC)cc3)n2)cc1. The molecule has 1 heterocycles.